The van der Waals surface area contributed by atoms with Crippen LogP contribution in [-0.2, 0) is 16.4 Å². The number of rotatable bonds is 4. The molecule has 0 radical (unpaired) electrons. The molecule has 3 aromatic carbocycles. The lowest BCUT2D eigenvalue weighted by molar-refractivity contribution is 0.0950. The predicted molar refractivity (Wildman–Crippen MR) is 99.4 cm³/mol. The summed E-state index contributed by atoms with van der Waals surface area (Å²) in [6.45, 7) is 2.17. The van der Waals surface area contributed by atoms with Crippen molar-refractivity contribution in [2.24, 2.45) is 0 Å². The van der Waals surface area contributed by atoms with Crippen LogP contribution in [0.2, 0.25) is 0 Å². The highest BCUT2D eigenvalue weighted by molar-refractivity contribution is 7.90. The molecule has 1 amide bonds. The fourth-order valence-electron chi connectivity index (χ4n) is 2.79. The van der Waals surface area contributed by atoms with E-state index in [4.69, 9.17) is 0 Å². The monoisotopic (exact) mass is 353 g/mol. The van der Waals surface area contributed by atoms with E-state index >= 15 is 0 Å². The van der Waals surface area contributed by atoms with Gasteiger partial charge in [0.15, 0.2) is 9.84 Å². The number of sulfone groups is 1. The van der Waals surface area contributed by atoms with Crippen molar-refractivity contribution < 1.29 is 13.2 Å². The molecule has 5 heteroatoms. The number of hydrogen-bond donors (Lipinski definition) is 1. The average Bonchev–Trinajstić information content (AvgIpc) is 2.59. The molecule has 0 saturated carbocycles. The minimum atomic E-state index is -3.35. The van der Waals surface area contributed by atoms with Crippen molar-refractivity contribution in [3.05, 3.63) is 77.4 Å². The minimum Gasteiger partial charge on any atom is -0.348 e. The molecule has 0 heterocycles. The number of carbonyl (C=O) groups excluding carboxylic acids is 1. The summed E-state index contributed by atoms with van der Waals surface area (Å²) < 4.78 is 23.4. The van der Waals surface area contributed by atoms with Gasteiger partial charge in [-0.2, -0.15) is 0 Å². The number of benzene rings is 3. The molecule has 0 aliphatic carbocycles. The first-order valence-corrected chi connectivity index (χ1v) is 9.81. The molecule has 3 rings (SSSR count). The van der Waals surface area contributed by atoms with E-state index < -0.39 is 9.84 Å². The first kappa shape index (κ1) is 17.2. The van der Waals surface area contributed by atoms with Gasteiger partial charge < -0.3 is 5.32 Å². The summed E-state index contributed by atoms with van der Waals surface area (Å²) in [5.41, 5.74) is 2.13. The van der Waals surface area contributed by atoms with Gasteiger partial charge in [0.05, 0.1) is 4.90 Å². The van der Waals surface area contributed by atoms with Crippen molar-refractivity contribution in [3.8, 4) is 0 Å². The maximum absolute atomic E-state index is 12.5. The number of aryl methyl sites for hydroxylation is 1. The van der Waals surface area contributed by atoms with Crippen LogP contribution in [0.25, 0.3) is 10.8 Å². The van der Waals surface area contributed by atoms with E-state index in [-0.39, 0.29) is 10.8 Å². The maximum Gasteiger partial charge on any atom is 0.251 e. The smallest absolute Gasteiger partial charge is 0.251 e. The molecule has 0 aliphatic heterocycles. The van der Waals surface area contributed by atoms with Gasteiger partial charge >= 0.3 is 0 Å². The van der Waals surface area contributed by atoms with Gasteiger partial charge in [0.1, 0.15) is 0 Å². The Morgan fingerprint density at radius 3 is 2.48 bits per heavy atom. The number of fused-ring (bicyclic) bond motifs is 1. The van der Waals surface area contributed by atoms with Crippen LogP contribution in [0, 0.1) is 6.92 Å². The van der Waals surface area contributed by atoms with Crippen LogP contribution in [0.3, 0.4) is 0 Å². The van der Waals surface area contributed by atoms with E-state index in [9.17, 15) is 13.2 Å². The molecule has 0 saturated heterocycles. The molecule has 0 atom stereocenters. The molecule has 0 spiro atoms. The van der Waals surface area contributed by atoms with Crippen LogP contribution in [0.1, 0.15) is 21.5 Å². The van der Waals surface area contributed by atoms with E-state index in [0.717, 1.165) is 28.2 Å². The Balaban J connectivity index is 1.86. The van der Waals surface area contributed by atoms with Crippen molar-refractivity contribution in [1.82, 2.24) is 5.32 Å². The molecular weight excluding hydrogens is 334 g/mol. The Bertz CT molecular complexity index is 1050. The Morgan fingerprint density at radius 2 is 1.72 bits per heavy atom. The largest absolute Gasteiger partial charge is 0.348 e. The number of hydrogen-bond acceptors (Lipinski definition) is 3. The minimum absolute atomic E-state index is 0.147. The summed E-state index contributed by atoms with van der Waals surface area (Å²) >= 11 is 0. The van der Waals surface area contributed by atoms with Crippen LogP contribution < -0.4 is 5.32 Å². The molecule has 0 unspecified atom stereocenters. The lowest BCUT2D eigenvalue weighted by Crippen LogP contribution is -2.24. The lowest BCUT2D eigenvalue weighted by Gasteiger charge is -2.11. The molecule has 0 aliphatic rings. The van der Waals surface area contributed by atoms with Gasteiger partial charge in [-0.3, -0.25) is 4.79 Å². The van der Waals surface area contributed by atoms with Gasteiger partial charge in [-0.1, -0.05) is 48.5 Å². The third-order valence-corrected chi connectivity index (χ3v) is 5.31. The first-order chi connectivity index (χ1) is 11.9. The van der Waals surface area contributed by atoms with E-state index in [1.807, 2.05) is 42.5 Å². The van der Waals surface area contributed by atoms with Crippen LogP contribution in [-0.4, -0.2) is 20.6 Å². The van der Waals surface area contributed by atoms with Gasteiger partial charge in [-0.05, 0) is 41.0 Å². The van der Waals surface area contributed by atoms with E-state index in [1.54, 1.807) is 13.0 Å². The van der Waals surface area contributed by atoms with Crippen LogP contribution in [0.15, 0.2) is 65.6 Å². The van der Waals surface area contributed by atoms with Crippen LogP contribution >= 0.6 is 0 Å². The molecule has 4 nitrogen and oxygen atoms in total. The quantitative estimate of drug-likeness (QED) is 0.781. The Labute approximate surface area is 147 Å². The second-order valence-electron chi connectivity index (χ2n) is 6.07. The third-order valence-electron chi connectivity index (χ3n) is 4.20. The fraction of sp³-hybridized carbons (Fsp3) is 0.150. The lowest BCUT2D eigenvalue weighted by atomic mass is 10.0. The predicted octanol–water partition coefficient (Wildman–Crippen LogP) is 3.48. The number of carbonyl (C=O) groups is 1. The third kappa shape index (κ3) is 3.72. The van der Waals surface area contributed by atoms with Crippen molar-refractivity contribution >= 4 is 26.5 Å². The van der Waals surface area contributed by atoms with Crippen molar-refractivity contribution in [2.75, 3.05) is 6.26 Å². The number of amides is 1. The summed E-state index contributed by atoms with van der Waals surface area (Å²) in [4.78, 5) is 12.7. The summed E-state index contributed by atoms with van der Waals surface area (Å²) in [6.07, 6.45) is 1.13. The van der Waals surface area contributed by atoms with Crippen molar-refractivity contribution in [3.63, 3.8) is 0 Å². The normalized spacial score (nSPS) is 11.4. The topological polar surface area (TPSA) is 63.2 Å². The van der Waals surface area contributed by atoms with E-state index in [0.29, 0.717) is 12.1 Å². The second-order valence-corrected chi connectivity index (χ2v) is 8.09. The highest BCUT2D eigenvalue weighted by atomic mass is 32.2. The second kappa shape index (κ2) is 6.69. The summed E-state index contributed by atoms with van der Waals surface area (Å²) in [6, 6.07) is 18.6. The zero-order valence-electron chi connectivity index (χ0n) is 14.1. The van der Waals surface area contributed by atoms with Gasteiger partial charge in [-0.25, -0.2) is 8.42 Å². The van der Waals surface area contributed by atoms with Gasteiger partial charge in [-0.15, -0.1) is 0 Å². The van der Waals surface area contributed by atoms with Crippen LogP contribution in [0.4, 0.5) is 0 Å². The SMILES string of the molecule is Cc1ccc(S(C)(=O)=O)cc1C(=O)NCc1cccc2ccccc12. The first-order valence-electron chi connectivity index (χ1n) is 7.92. The highest BCUT2D eigenvalue weighted by Crippen LogP contribution is 2.19. The van der Waals surface area contributed by atoms with Crippen molar-refractivity contribution in [1.29, 1.82) is 0 Å². The molecule has 0 fully saturated rings. The maximum atomic E-state index is 12.5. The summed E-state index contributed by atoms with van der Waals surface area (Å²) in [5, 5.41) is 5.10. The molecule has 25 heavy (non-hydrogen) atoms. The zero-order chi connectivity index (χ0) is 18.0. The molecule has 128 valence electrons. The number of nitrogens with one attached hydrogen (secondary N) is 1. The standard InChI is InChI=1S/C20H19NO3S/c1-14-10-11-17(25(2,23)24)12-19(14)20(22)21-13-16-8-5-7-15-6-3-4-9-18(15)16/h3-12H,13H2,1-2H3,(H,21,22). The Kier molecular flexibility index (Phi) is 4.59. The van der Waals surface area contributed by atoms with Gasteiger partial charge in [0.25, 0.3) is 5.91 Å². The summed E-state index contributed by atoms with van der Waals surface area (Å²) in [7, 11) is -3.35. The Hall–Kier alpha value is -2.66. The Morgan fingerprint density at radius 1 is 1.00 bits per heavy atom. The average molecular weight is 353 g/mol. The zero-order valence-corrected chi connectivity index (χ0v) is 14.9. The van der Waals surface area contributed by atoms with Gasteiger partial charge in [0.2, 0.25) is 0 Å². The molecule has 3 aromatic rings. The van der Waals surface area contributed by atoms with Crippen LogP contribution in [0.5, 0.6) is 0 Å². The molecular formula is C20H19NO3S. The fourth-order valence-corrected chi connectivity index (χ4v) is 3.44. The van der Waals surface area contributed by atoms with Gasteiger partial charge in [0, 0.05) is 18.4 Å². The van der Waals surface area contributed by atoms with E-state index in [2.05, 4.69) is 5.32 Å². The molecule has 1 N–H and O–H groups in total. The molecule has 0 aromatic heterocycles. The highest BCUT2D eigenvalue weighted by Gasteiger charge is 2.14. The molecule has 0 bridgehead atoms. The van der Waals surface area contributed by atoms with E-state index in [1.165, 1.54) is 12.1 Å². The van der Waals surface area contributed by atoms with Crippen molar-refractivity contribution in [2.45, 2.75) is 18.4 Å². The summed E-state index contributed by atoms with van der Waals surface area (Å²) in [5.74, 6) is -0.282.